The fourth-order valence-corrected chi connectivity index (χ4v) is 2.60. The summed E-state index contributed by atoms with van der Waals surface area (Å²) in [7, 11) is 1.69. The molecule has 0 saturated carbocycles. The maximum absolute atomic E-state index is 12.2. The van der Waals surface area contributed by atoms with E-state index in [1.807, 2.05) is 24.3 Å². The first kappa shape index (κ1) is 11.7. The number of hydrogen-bond acceptors (Lipinski definition) is 5. The van der Waals surface area contributed by atoms with Crippen molar-refractivity contribution in [3.05, 3.63) is 48.5 Å². The first-order chi connectivity index (χ1) is 9.25. The van der Waals surface area contributed by atoms with E-state index in [4.69, 9.17) is 0 Å². The molecule has 3 rings (SSSR count). The maximum Gasteiger partial charge on any atom is 0.279 e. The molecule has 0 spiro atoms. The summed E-state index contributed by atoms with van der Waals surface area (Å²) in [6.45, 7) is 0. The third kappa shape index (κ3) is 2.17. The van der Waals surface area contributed by atoms with Crippen molar-refractivity contribution >= 4 is 32.6 Å². The SMILES string of the molecule is CN(C(=O)c1cnccn1)c1nc2ccccc2s1. The number of rotatable bonds is 2. The van der Waals surface area contributed by atoms with Crippen LogP contribution in [0, 0.1) is 0 Å². The Bertz CT molecular complexity index is 693. The van der Waals surface area contributed by atoms with Crippen molar-refractivity contribution < 1.29 is 4.79 Å². The van der Waals surface area contributed by atoms with Gasteiger partial charge in [-0.3, -0.25) is 14.7 Å². The zero-order valence-electron chi connectivity index (χ0n) is 10.1. The summed E-state index contributed by atoms with van der Waals surface area (Å²) in [5.74, 6) is -0.216. The van der Waals surface area contributed by atoms with Gasteiger partial charge in [0.2, 0.25) is 0 Å². The lowest BCUT2D eigenvalue weighted by molar-refractivity contribution is 0.0988. The van der Waals surface area contributed by atoms with Crippen molar-refractivity contribution in [3.8, 4) is 0 Å². The highest BCUT2D eigenvalue weighted by atomic mass is 32.1. The fraction of sp³-hybridized carbons (Fsp3) is 0.0769. The highest BCUT2D eigenvalue weighted by molar-refractivity contribution is 7.22. The van der Waals surface area contributed by atoms with Crippen molar-refractivity contribution in [2.24, 2.45) is 0 Å². The number of para-hydroxylation sites is 1. The lowest BCUT2D eigenvalue weighted by Crippen LogP contribution is -2.26. The van der Waals surface area contributed by atoms with Gasteiger partial charge in [-0.15, -0.1) is 0 Å². The number of thiazole rings is 1. The minimum Gasteiger partial charge on any atom is -0.286 e. The molecule has 0 atom stereocenters. The minimum atomic E-state index is -0.216. The van der Waals surface area contributed by atoms with Gasteiger partial charge in [0.1, 0.15) is 5.69 Å². The molecule has 0 radical (unpaired) electrons. The van der Waals surface area contributed by atoms with Crippen LogP contribution in [-0.2, 0) is 0 Å². The number of amides is 1. The molecule has 5 nitrogen and oxygen atoms in total. The highest BCUT2D eigenvalue weighted by Crippen LogP contribution is 2.28. The molecule has 1 aromatic carbocycles. The molecule has 0 N–H and O–H groups in total. The van der Waals surface area contributed by atoms with Crippen LogP contribution in [0.4, 0.5) is 5.13 Å². The topological polar surface area (TPSA) is 59.0 Å². The largest absolute Gasteiger partial charge is 0.286 e. The Hall–Kier alpha value is -2.34. The van der Waals surface area contributed by atoms with Gasteiger partial charge < -0.3 is 0 Å². The van der Waals surface area contributed by atoms with Gasteiger partial charge in [0.15, 0.2) is 5.13 Å². The second-order valence-electron chi connectivity index (χ2n) is 3.92. The van der Waals surface area contributed by atoms with Crippen LogP contribution >= 0.6 is 11.3 Å². The predicted octanol–water partition coefficient (Wildman–Crippen LogP) is 2.36. The molecule has 19 heavy (non-hydrogen) atoms. The summed E-state index contributed by atoms with van der Waals surface area (Å²) in [5, 5.41) is 0.650. The monoisotopic (exact) mass is 270 g/mol. The van der Waals surface area contributed by atoms with Crippen molar-refractivity contribution in [2.75, 3.05) is 11.9 Å². The average molecular weight is 270 g/mol. The number of nitrogens with zero attached hydrogens (tertiary/aromatic N) is 4. The van der Waals surface area contributed by atoms with E-state index in [0.717, 1.165) is 10.2 Å². The van der Waals surface area contributed by atoms with Gasteiger partial charge in [0, 0.05) is 19.4 Å². The van der Waals surface area contributed by atoms with Gasteiger partial charge in [0.05, 0.1) is 16.4 Å². The minimum absolute atomic E-state index is 0.216. The van der Waals surface area contributed by atoms with E-state index >= 15 is 0 Å². The van der Waals surface area contributed by atoms with Crippen molar-refractivity contribution in [1.82, 2.24) is 15.0 Å². The summed E-state index contributed by atoms with van der Waals surface area (Å²) in [6, 6.07) is 7.79. The number of carbonyl (C=O) groups excluding carboxylic acids is 1. The van der Waals surface area contributed by atoms with Crippen LogP contribution in [0.25, 0.3) is 10.2 Å². The molecule has 0 fully saturated rings. The number of fused-ring (bicyclic) bond motifs is 1. The molecule has 2 aromatic heterocycles. The first-order valence-electron chi connectivity index (χ1n) is 5.65. The highest BCUT2D eigenvalue weighted by Gasteiger charge is 2.18. The molecule has 2 heterocycles. The van der Waals surface area contributed by atoms with Gasteiger partial charge in [-0.2, -0.15) is 0 Å². The zero-order chi connectivity index (χ0) is 13.2. The third-order valence-electron chi connectivity index (χ3n) is 2.66. The van der Waals surface area contributed by atoms with E-state index in [-0.39, 0.29) is 5.91 Å². The second kappa shape index (κ2) is 4.74. The number of benzene rings is 1. The van der Waals surface area contributed by atoms with E-state index in [2.05, 4.69) is 15.0 Å². The van der Waals surface area contributed by atoms with Crippen LogP contribution in [0.5, 0.6) is 0 Å². The van der Waals surface area contributed by atoms with Crippen LogP contribution in [0.1, 0.15) is 10.5 Å². The first-order valence-corrected chi connectivity index (χ1v) is 6.47. The predicted molar refractivity (Wildman–Crippen MR) is 74.4 cm³/mol. The standard InChI is InChI=1S/C13H10N4OS/c1-17(12(18)10-8-14-6-7-15-10)13-16-9-4-2-3-5-11(9)19-13/h2-8H,1H3. The Morgan fingerprint density at radius 1 is 1.26 bits per heavy atom. The summed E-state index contributed by atoms with van der Waals surface area (Å²) >= 11 is 1.47. The van der Waals surface area contributed by atoms with Gasteiger partial charge in [-0.05, 0) is 12.1 Å². The van der Waals surface area contributed by atoms with Crippen molar-refractivity contribution in [2.45, 2.75) is 0 Å². The van der Waals surface area contributed by atoms with E-state index < -0.39 is 0 Å². The molecule has 0 bridgehead atoms. The quantitative estimate of drug-likeness (QED) is 0.717. The molecule has 3 aromatic rings. The van der Waals surface area contributed by atoms with Crippen LogP contribution in [0.15, 0.2) is 42.9 Å². The van der Waals surface area contributed by atoms with E-state index in [1.165, 1.54) is 34.8 Å². The molecule has 0 saturated heterocycles. The van der Waals surface area contributed by atoms with Crippen LogP contribution < -0.4 is 4.90 Å². The average Bonchev–Trinajstić information content (AvgIpc) is 2.90. The third-order valence-corrected chi connectivity index (χ3v) is 3.77. The van der Waals surface area contributed by atoms with Crippen molar-refractivity contribution in [1.29, 1.82) is 0 Å². The molecule has 0 aliphatic rings. The molecule has 94 valence electrons. The Kier molecular flexibility index (Phi) is 2.92. The van der Waals surface area contributed by atoms with Gasteiger partial charge in [0.25, 0.3) is 5.91 Å². The lowest BCUT2D eigenvalue weighted by Gasteiger charge is -2.12. The molecule has 6 heteroatoms. The molecule has 0 aliphatic heterocycles. The summed E-state index contributed by atoms with van der Waals surface area (Å²) < 4.78 is 1.05. The Morgan fingerprint density at radius 2 is 2.11 bits per heavy atom. The molecular formula is C13H10N4OS. The van der Waals surface area contributed by atoms with Crippen LogP contribution in [0.3, 0.4) is 0 Å². The summed E-state index contributed by atoms with van der Waals surface area (Å²) in [4.78, 5) is 26.0. The Balaban J connectivity index is 1.95. The normalized spacial score (nSPS) is 10.6. The molecule has 0 unspecified atom stereocenters. The van der Waals surface area contributed by atoms with Crippen LogP contribution in [0.2, 0.25) is 0 Å². The number of aromatic nitrogens is 3. The Labute approximate surface area is 113 Å². The van der Waals surface area contributed by atoms with E-state index in [9.17, 15) is 4.79 Å². The van der Waals surface area contributed by atoms with Gasteiger partial charge in [-0.1, -0.05) is 23.5 Å². The van der Waals surface area contributed by atoms with Gasteiger partial charge in [-0.25, -0.2) is 9.97 Å². The van der Waals surface area contributed by atoms with Crippen LogP contribution in [-0.4, -0.2) is 27.9 Å². The van der Waals surface area contributed by atoms with Crippen molar-refractivity contribution in [3.63, 3.8) is 0 Å². The molecule has 1 amide bonds. The number of carbonyl (C=O) groups is 1. The van der Waals surface area contributed by atoms with E-state index in [1.54, 1.807) is 7.05 Å². The summed E-state index contributed by atoms with van der Waals surface area (Å²) in [6.07, 6.45) is 4.49. The second-order valence-corrected chi connectivity index (χ2v) is 4.93. The fourth-order valence-electron chi connectivity index (χ4n) is 1.67. The van der Waals surface area contributed by atoms with Gasteiger partial charge >= 0.3 is 0 Å². The summed E-state index contributed by atoms with van der Waals surface area (Å²) in [5.41, 5.74) is 1.20. The molecule has 0 aliphatic carbocycles. The Morgan fingerprint density at radius 3 is 2.84 bits per heavy atom. The number of hydrogen-bond donors (Lipinski definition) is 0. The zero-order valence-corrected chi connectivity index (χ0v) is 11.0. The molecular weight excluding hydrogens is 260 g/mol. The number of anilines is 1. The smallest absolute Gasteiger partial charge is 0.279 e. The lowest BCUT2D eigenvalue weighted by atomic mass is 10.3. The van der Waals surface area contributed by atoms with E-state index in [0.29, 0.717) is 10.8 Å². The maximum atomic E-state index is 12.2.